The van der Waals surface area contributed by atoms with Crippen LogP contribution < -0.4 is 14.8 Å². The lowest BCUT2D eigenvalue weighted by molar-refractivity contribution is 0.0950. The third-order valence-corrected chi connectivity index (χ3v) is 4.65. The van der Waals surface area contributed by atoms with Gasteiger partial charge in [-0.05, 0) is 24.3 Å². The molecule has 0 saturated heterocycles. The number of sulfonamides is 1. The van der Waals surface area contributed by atoms with Gasteiger partial charge >= 0.3 is 0 Å². The van der Waals surface area contributed by atoms with Crippen LogP contribution in [0.4, 0.5) is 0 Å². The zero-order valence-corrected chi connectivity index (χ0v) is 14.3. The van der Waals surface area contributed by atoms with Crippen LogP contribution in [0.15, 0.2) is 47.5 Å². The van der Waals surface area contributed by atoms with Crippen LogP contribution >= 0.6 is 0 Å². The highest BCUT2D eigenvalue weighted by Gasteiger charge is 2.15. The lowest BCUT2D eigenvalue weighted by Gasteiger charge is -2.09. The SMILES string of the molecule is C#CCNS(=O)(=O)c1cccc(C(=O)NCc2cccnc2OC)c1. The molecule has 1 aromatic heterocycles. The number of hydrogen-bond acceptors (Lipinski definition) is 5. The molecule has 0 aliphatic heterocycles. The van der Waals surface area contributed by atoms with Crippen molar-refractivity contribution in [2.75, 3.05) is 13.7 Å². The molecule has 2 N–H and O–H groups in total. The topological polar surface area (TPSA) is 97.4 Å². The van der Waals surface area contributed by atoms with Crippen LogP contribution in [-0.4, -0.2) is 33.0 Å². The number of benzene rings is 1. The molecule has 1 amide bonds. The first kappa shape index (κ1) is 18.4. The number of ether oxygens (including phenoxy) is 1. The molecule has 8 heteroatoms. The Morgan fingerprint density at radius 1 is 1.32 bits per heavy atom. The molecule has 0 atom stereocenters. The van der Waals surface area contributed by atoms with Gasteiger partial charge in [-0.2, -0.15) is 4.72 Å². The van der Waals surface area contributed by atoms with Gasteiger partial charge in [0.1, 0.15) is 0 Å². The molecule has 2 aromatic rings. The summed E-state index contributed by atoms with van der Waals surface area (Å²) < 4.78 is 31.5. The van der Waals surface area contributed by atoms with Gasteiger partial charge in [0.25, 0.3) is 5.91 Å². The Kier molecular flexibility index (Phi) is 6.11. The molecule has 1 aromatic carbocycles. The highest BCUT2D eigenvalue weighted by molar-refractivity contribution is 7.89. The van der Waals surface area contributed by atoms with Gasteiger partial charge in [0.15, 0.2) is 0 Å². The van der Waals surface area contributed by atoms with E-state index in [9.17, 15) is 13.2 Å². The first-order valence-electron chi connectivity index (χ1n) is 7.27. The Balaban J connectivity index is 2.13. The minimum atomic E-state index is -3.76. The monoisotopic (exact) mass is 359 g/mol. The number of terminal acetylenes is 1. The summed E-state index contributed by atoms with van der Waals surface area (Å²) >= 11 is 0. The fourth-order valence-electron chi connectivity index (χ4n) is 2.04. The third-order valence-electron chi connectivity index (χ3n) is 3.25. The number of nitrogens with one attached hydrogen (secondary N) is 2. The highest BCUT2D eigenvalue weighted by atomic mass is 32.2. The average Bonchev–Trinajstić information content (AvgIpc) is 2.64. The Hall–Kier alpha value is -2.89. The van der Waals surface area contributed by atoms with E-state index < -0.39 is 15.9 Å². The van der Waals surface area contributed by atoms with Gasteiger partial charge in [0.05, 0.1) is 18.6 Å². The quantitative estimate of drug-likeness (QED) is 0.717. The largest absolute Gasteiger partial charge is 0.481 e. The van der Waals surface area contributed by atoms with Crippen molar-refractivity contribution >= 4 is 15.9 Å². The van der Waals surface area contributed by atoms with Gasteiger partial charge < -0.3 is 10.1 Å². The van der Waals surface area contributed by atoms with E-state index in [0.717, 1.165) is 0 Å². The summed E-state index contributed by atoms with van der Waals surface area (Å²) in [5.41, 5.74) is 0.921. The summed E-state index contributed by atoms with van der Waals surface area (Å²) in [6, 6.07) is 9.19. The molecule has 7 nitrogen and oxygen atoms in total. The molecule has 0 bridgehead atoms. The van der Waals surface area contributed by atoms with Gasteiger partial charge in [-0.15, -0.1) is 6.42 Å². The van der Waals surface area contributed by atoms with Crippen LogP contribution in [0, 0.1) is 12.3 Å². The third kappa shape index (κ3) is 4.79. The maximum Gasteiger partial charge on any atom is 0.251 e. The molecule has 0 aliphatic carbocycles. The summed E-state index contributed by atoms with van der Waals surface area (Å²) in [5, 5.41) is 2.71. The van der Waals surface area contributed by atoms with Crippen molar-refractivity contribution in [3.63, 3.8) is 0 Å². The van der Waals surface area contributed by atoms with Crippen molar-refractivity contribution in [2.24, 2.45) is 0 Å². The van der Waals surface area contributed by atoms with Crippen molar-refractivity contribution in [3.05, 3.63) is 53.7 Å². The number of pyridine rings is 1. The Bertz CT molecular complexity index is 904. The molecule has 0 fully saturated rings. The summed E-state index contributed by atoms with van der Waals surface area (Å²) in [6.07, 6.45) is 6.64. The summed E-state index contributed by atoms with van der Waals surface area (Å²) in [4.78, 5) is 16.3. The fourth-order valence-corrected chi connectivity index (χ4v) is 3.02. The second-order valence-electron chi connectivity index (χ2n) is 4.91. The Morgan fingerprint density at radius 3 is 2.84 bits per heavy atom. The number of carbonyl (C=O) groups excluding carboxylic acids is 1. The molecule has 0 saturated carbocycles. The zero-order chi connectivity index (χ0) is 18.3. The van der Waals surface area contributed by atoms with E-state index in [1.54, 1.807) is 18.3 Å². The van der Waals surface area contributed by atoms with Crippen LogP contribution in [0.3, 0.4) is 0 Å². The number of methoxy groups -OCH3 is 1. The normalized spacial score (nSPS) is 10.7. The van der Waals surface area contributed by atoms with Crippen molar-refractivity contribution in [2.45, 2.75) is 11.4 Å². The molecular formula is C17H17N3O4S. The number of hydrogen-bond donors (Lipinski definition) is 2. The van der Waals surface area contributed by atoms with Crippen LogP contribution in [-0.2, 0) is 16.6 Å². The van der Waals surface area contributed by atoms with Gasteiger partial charge in [-0.1, -0.05) is 18.1 Å². The lowest BCUT2D eigenvalue weighted by atomic mass is 10.2. The number of nitrogens with zero attached hydrogens (tertiary/aromatic N) is 1. The van der Waals surface area contributed by atoms with E-state index in [4.69, 9.17) is 11.2 Å². The predicted octanol–water partition coefficient (Wildman–Crippen LogP) is 0.932. The van der Waals surface area contributed by atoms with Crippen LogP contribution in [0.5, 0.6) is 5.88 Å². The minimum Gasteiger partial charge on any atom is -0.481 e. The van der Waals surface area contributed by atoms with Crippen LogP contribution in [0.1, 0.15) is 15.9 Å². The maximum atomic E-state index is 12.3. The van der Waals surface area contributed by atoms with E-state index in [0.29, 0.717) is 11.4 Å². The number of amides is 1. The summed E-state index contributed by atoms with van der Waals surface area (Å²) in [5.74, 6) is 2.19. The molecule has 2 rings (SSSR count). The Labute approximate surface area is 146 Å². The average molecular weight is 359 g/mol. The molecule has 0 unspecified atom stereocenters. The molecular weight excluding hydrogens is 342 g/mol. The van der Waals surface area contributed by atoms with Gasteiger partial charge in [0.2, 0.25) is 15.9 Å². The lowest BCUT2D eigenvalue weighted by Crippen LogP contribution is -2.26. The van der Waals surface area contributed by atoms with Gasteiger partial charge in [0, 0.05) is 23.9 Å². The molecule has 1 heterocycles. The zero-order valence-electron chi connectivity index (χ0n) is 13.5. The van der Waals surface area contributed by atoms with Gasteiger partial charge in [-0.3, -0.25) is 4.79 Å². The smallest absolute Gasteiger partial charge is 0.251 e. The van der Waals surface area contributed by atoms with E-state index in [-0.39, 0.29) is 23.5 Å². The molecule has 0 spiro atoms. The van der Waals surface area contributed by atoms with Crippen molar-refractivity contribution in [1.82, 2.24) is 15.0 Å². The van der Waals surface area contributed by atoms with Crippen molar-refractivity contribution < 1.29 is 17.9 Å². The van der Waals surface area contributed by atoms with Crippen LogP contribution in [0.25, 0.3) is 0 Å². The number of carbonyl (C=O) groups is 1. The van der Waals surface area contributed by atoms with Gasteiger partial charge in [-0.25, -0.2) is 13.4 Å². The Morgan fingerprint density at radius 2 is 2.12 bits per heavy atom. The van der Waals surface area contributed by atoms with Crippen molar-refractivity contribution in [1.29, 1.82) is 0 Å². The summed E-state index contributed by atoms with van der Waals surface area (Å²) in [6.45, 7) is 0.0712. The standard InChI is InChI=1S/C17H17N3O4S/c1-3-9-20-25(22,23)15-8-4-6-13(11-15)16(21)19-12-14-7-5-10-18-17(14)24-2/h1,4-8,10-11,20H,9,12H2,2H3,(H,19,21). The van der Waals surface area contributed by atoms with E-state index in [1.807, 2.05) is 0 Å². The van der Waals surface area contributed by atoms with E-state index in [1.165, 1.54) is 31.4 Å². The second kappa shape index (κ2) is 8.28. The molecule has 130 valence electrons. The molecule has 0 radical (unpaired) electrons. The second-order valence-corrected chi connectivity index (χ2v) is 6.68. The van der Waals surface area contributed by atoms with Crippen LogP contribution in [0.2, 0.25) is 0 Å². The van der Waals surface area contributed by atoms with Crippen molar-refractivity contribution in [3.8, 4) is 18.2 Å². The fraction of sp³-hybridized carbons (Fsp3) is 0.176. The van der Waals surface area contributed by atoms with E-state index >= 15 is 0 Å². The van der Waals surface area contributed by atoms with E-state index in [2.05, 4.69) is 20.9 Å². The number of rotatable bonds is 7. The maximum absolute atomic E-state index is 12.3. The number of aromatic nitrogens is 1. The highest BCUT2D eigenvalue weighted by Crippen LogP contribution is 2.14. The minimum absolute atomic E-state index is 0.0330. The molecule has 0 aliphatic rings. The first-order valence-corrected chi connectivity index (χ1v) is 8.75. The predicted molar refractivity (Wildman–Crippen MR) is 92.4 cm³/mol. The summed E-state index contributed by atoms with van der Waals surface area (Å²) in [7, 11) is -2.27. The molecule has 25 heavy (non-hydrogen) atoms. The first-order chi connectivity index (χ1) is 12.0.